The number of Topliss-reactive ketones (excluding diaryl/α,β-unsaturated/α-hetero) is 1. The van der Waals surface area contributed by atoms with Crippen LogP contribution in [-0.4, -0.2) is 37.5 Å². The summed E-state index contributed by atoms with van der Waals surface area (Å²) in [5.74, 6) is -1.04. The first-order valence-corrected chi connectivity index (χ1v) is 10.2. The van der Waals surface area contributed by atoms with E-state index >= 15 is 0 Å². The van der Waals surface area contributed by atoms with Gasteiger partial charge in [0.2, 0.25) is 6.04 Å². The molecule has 0 bridgehead atoms. The number of nitrogens with zero attached hydrogens (tertiary/aromatic N) is 7. The highest BCUT2D eigenvalue weighted by atomic mass is 16.2. The van der Waals surface area contributed by atoms with Crippen LogP contribution in [0.1, 0.15) is 21.5 Å². The molecule has 0 radical (unpaired) electrons. The highest BCUT2D eigenvalue weighted by Crippen LogP contribution is 2.23. The number of amides is 1. The topological polar surface area (TPSA) is 138 Å². The zero-order valence-electron chi connectivity index (χ0n) is 18.0. The monoisotopic (exact) mass is 450 g/mol. The van der Waals surface area contributed by atoms with Crippen molar-refractivity contribution in [2.24, 2.45) is 10.2 Å². The third kappa shape index (κ3) is 4.73. The molecule has 10 heteroatoms. The Bertz CT molecular complexity index is 1390. The Morgan fingerprint density at radius 3 is 2.44 bits per heavy atom. The second kappa shape index (κ2) is 10.1. The number of benzene rings is 2. The summed E-state index contributed by atoms with van der Waals surface area (Å²) in [7, 11) is 0. The smallest absolute Gasteiger partial charge is 0.259 e. The van der Waals surface area contributed by atoms with Gasteiger partial charge < -0.3 is 5.32 Å². The number of anilines is 1. The first kappa shape index (κ1) is 22.2. The van der Waals surface area contributed by atoms with E-state index < -0.39 is 17.7 Å². The van der Waals surface area contributed by atoms with E-state index in [1.807, 2.05) is 25.1 Å². The van der Waals surface area contributed by atoms with Crippen LogP contribution in [0.4, 0.5) is 11.5 Å². The van der Waals surface area contributed by atoms with Crippen molar-refractivity contribution in [2.45, 2.75) is 13.0 Å². The quantitative estimate of drug-likeness (QED) is 0.258. The van der Waals surface area contributed by atoms with Gasteiger partial charge in [-0.05, 0) is 24.6 Å². The minimum atomic E-state index is -1.51. The molecule has 1 unspecified atom stereocenters. The zero-order chi connectivity index (χ0) is 23.9. The van der Waals surface area contributed by atoms with Crippen LogP contribution in [0.3, 0.4) is 0 Å². The lowest BCUT2D eigenvalue weighted by atomic mass is 10.0. The van der Waals surface area contributed by atoms with Crippen LogP contribution < -0.4 is 5.32 Å². The molecule has 0 aliphatic rings. The fourth-order valence-corrected chi connectivity index (χ4v) is 3.07. The number of aryl methyl sites for hydroxylation is 1. The van der Waals surface area contributed by atoms with Crippen LogP contribution in [0.15, 0.2) is 89.5 Å². The Morgan fingerprint density at radius 2 is 1.74 bits per heavy atom. The van der Waals surface area contributed by atoms with Gasteiger partial charge in [0, 0.05) is 23.6 Å². The van der Waals surface area contributed by atoms with Crippen molar-refractivity contribution >= 4 is 23.2 Å². The zero-order valence-corrected chi connectivity index (χ0v) is 18.0. The van der Waals surface area contributed by atoms with Gasteiger partial charge in [-0.3, -0.25) is 9.59 Å². The van der Waals surface area contributed by atoms with Crippen molar-refractivity contribution in [3.63, 3.8) is 0 Å². The molecule has 0 spiro atoms. The number of aromatic nitrogens is 4. The summed E-state index contributed by atoms with van der Waals surface area (Å²) in [5.41, 5.74) is 1.76. The molecule has 2 heterocycles. The normalized spacial score (nSPS) is 11.6. The molecule has 0 fully saturated rings. The minimum absolute atomic E-state index is 0.00301. The van der Waals surface area contributed by atoms with Gasteiger partial charge in [-0.1, -0.05) is 48.5 Å². The van der Waals surface area contributed by atoms with E-state index in [-0.39, 0.29) is 17.3 Å². The summed E-state index contributed by atoms with van der Waals surface area (Å²) < 4.78 is 1.21. The lowest BCUT2D eigenvalue weighted by Crippen LogP contribution is -2.33. The Kier molecular flexibility index (Phi) is 6.55. The minimum Gasteiger partial charge on any atom is -0.324 e. The molecular formula is C24H18N8O2. The molecule has 10 nitrogen and oxygen atoms in total. The second-order valence-corrected chi connectivity index (χ2v) is 7.11. The number of para-hydroxylation sites is 1. The van der Waals surface area contributed by atoms with Crippen molar-refractivity contribution in [3.05, 3.63) is 95.9 Å². The highest BCUT2D eigenvalue weighted by molar-refractivity contribution is 6.17. The number of nitrogens with one attached hydrogen (secondary N) is 1. The van der Waals surface area contributed by atoms with Crippen molar-refractivity contribution < 1.29 is 9.59 Å². The first-order valence-electron chi connectivity index (χ1n) is 10.2. The number of azo groups is 1. The molecule has 0 aliphatic heterocycles. The Hall–Kier alpha value is -5.04. The van der Waals surface area contributed by atoms with Crippen molar-refractivity contribution in [3.8, 4) is 12.0 Å². The van der Waals surface area contributed by atoms with Crippen molar-refractivity contribution in [2.75, 3.05) is 5.32 Å². The molecular weight excluding hydrogens is 432 g/mol. The van der Waals surface area contributed by atoms with E-state index in [1.165, 1.54) is 23.3 Å². The summed E-state index contributed by atoms with van der Waals surface area (Å²) in [6.45, 7) is 1.84. The Labute approximate surface area is 194 Å². The first-order chi connectivity index (χ1) is 16.6. The second-order valence-electron chi connectivity index (χ2n) is 7.11. The van der Waals surface area contributed by atoms with Crippen LogP contribution >= 0.6 is 0 Å². The number of ketones is 1. The van der Waals surface area contributed by atoms with Gasteiger partial charge in [0.25, 0.3) is 11.9 Å². The summed E-state index contributed by atoms with van der Waals surface area (Å²) in [5, 5.41) is 24.5. The molecule has 4 aromatic rings. The van der Waals surface area contributed by atoms with E-state index in [4.69, 9.17) is 0 Å². The third-order valence-corrected chi connectivity index (χ3v) is 4.83. The van der Waals surface area contributed by atoms with Crippen molar-refractivity contribution in [1.29, 1.82) is 5.26 Å². The molecule has 4 rings (SSSR count). The third-order valence-electron chi connectivity index (χ3n) is 4.83. The molecule has 166 valence electrons. The summed E-state index contributed by atoms with van der Waals surface area (Å²) in [6, 6.07) is 17.6. The van der Waals surface area contributed by atoms with Crippen LogP contribution in [0.25, 0.3) is 5.95 Å². The van der Waals surface area contributed by atoms with Crippen LogP contribution in [0.2, 0.25) is 0 Å². The van der Waals surface area contributed by atoms with E-state index in [1.54, 1.807) is 48.5 Å². The SMILES string of the molecule is Cc1ccccc1NC(=O)C(N=Nc1c(C#N)cnn1-c1ncccn1)C(=O)c1ccccc1. The maximum atomic E-state index is 13.2. The largest absolute Gasteiger partial charge is 0.324 e. The molecule has 1 amide bonds. The predicted octanol–water partition coefficient (Wildman–Crippen LogP) is 3.82. The fraction of sp³-hybridized carbons (Fsp3) is 0.0833. The number of nitriles is 1. The van der Waals surface area contributed by atoms with Gasteiger partial charge in [0.15, 0.2) is 11.6 Å². The van der Waals surface area contributed by atoms with Gasteiger partial charge in [-0.15, -0.1) is 5.11 Å². The van der Waals surface area contributed by atoms with Gasteiger partial charge in [0.05, 0.1) is 6.20 Å². The average molecular weight is 450 g/mol. The fourth-order valence-electron chi connectivity index (χ4n) is 3.07. The molecule has 2 aromatic heterocycles. The van der Waals surface area contributed by atoms with E-state index in [2.05, 4.69) is 30.6 Å². The molecule has 1 atom stereocenters. The Balaban J connectivity index is 1.73. The van der Waals surface area contributed by atoms with E-state index in [0.29, 0.717) is 11.3 Å². The Morgan fingerprint density at radius 1 is 1.03 bits per heavy atom. The number of carbonyl (C=O) groups excluding carboxylic acids is 2. The van der Waals surface area contributed by atoms with Crippen molar-refractivity contribution in [1.82, 2.24) is 19.7 Å². The van der Waals surface area contributed by atoms with Crippen LogP contribution in [0.5, 0.6) is 0 Å². The van der Waals surface area contributed by atoms with E-state index in [0.717, 1.165) is 5.56 Å². The molecule has 0 aliphatic carbocycles. The summed E-state index contributed by atoms with van der Waals surface area (Å²) in [4.78, 5) is 34.6. The van der Waals surface area contributed by atoms with Crippen LogP contribution in [-0.2, 0) is 4.79 Å². The van der Waals surface area contributed by atoms with Gasteiger partial charge in [0.1, 0.15) is 11.6 Å². The predicted molar refractivity (Wildman–Crippen MR) is 123 cm³/mol. The number of hydrogen-bond donors (Lipinski definition) is 1. The summed E-state index contributed by atoms with van der Waals surface area (Å²) >= 11 is 0. The van der Waals surface area contributed by atoms with Gasteiger partial charge in [-0.25, -0.2) is 9.97 Å². The highest BCUT2D eigenvalue weighted by Gasteiger charge is 2.29. The maximum Gasteiger partial charge on any atom is 0.259 e. The lowest BCUT2D eigenvalue weighted by Gasteiger charge is -2.13. The molecule has 34 heavy (non-hydrogen) atoms. The molecule has 0 saturated carbocycles. The molecule has 1 N–H and O–H groups in total. The molecule has 2 aromatic carbocycles. The molecule has 0 saturated heterocycles. The summed E-state index contributed by atoms with van der Waals surface area (Å²) in [6.07, 6.45) is 4.30. The standard InChI is InChI=1S/C24H18N8O2/c1-16-8-5-6-11-19(16)29-23(34)20(21(33)17-9-3-2-4-10-17)30-31-22-18(14-25)15-28-32(22)24-26-12-7-13-27-24/h2-13,15,20H,1H3,(H,29,34). The van der Waals surface area contributed by atoms with Gasteiger partial charge in [-0.2, -0.15) is 20.2 Å². The maximum absolute atomic E-state index is 13.2. The van der Waals surface area contributed by atoms with E-state index in [9.17, 15) is 14.9 Å². The number of hydrogen-bond acceptors (Lipinski definition) is 8. The average Bonchev–Trinajstić information content (AvgIpc) is 3.29. The van der Waals surface area contributed by atoms with Gasteiger partial charge >= 0.3 is 0 Å². The van der Waals surface area contributed by atoms with Crippen LogP contribution in [0, 0.1) is 18.3 Å². The lowest BCUT2D eigenvalue weighted by molar-refractivity contribution is -0.116. The number of rotatable bonds is 7. The number of carbonyl (C=O) groups is 2.